The third-order valence-corrected chi connectivity index (χ3v) is 15.2. The Kier molecular flexibility index (Phi) is 16.0. The second kappa shape index (κ2) is 20.4. The van der Waals surface area contributed by atoms with Crippen molar-refractivity contribution in [2.75, 3.05) is 37.9 Å². The van der Waals surface area contributed by atoms with Crippen LogP contribution in [0.4, 0.5) is 10.6 Å². The van der Waals surface area contributed by atoms with E-state index in [9.17, 15) is 14.5 Å². The lowest BCUT2D eigenvalue weighted by Gasteiger charge is -2.39. The number of ether oxygens (including phenoxy) is 6. The summed E-state index contributed by atoms with van der Waals surface area (Å²) >= 11 is 13.2. The average molecular weight is 973 g/mol. The van der Waals surface area contributed by atoms with Crippen LogP contribution in [0.25, 0.3) is 11.0 Å². The molecular formula is C40H60Cl2N9O11PSi. The van der Waals surface area contributed by atoms with Crippen LogP contribution in [-0.2, 0) is 61.7 Å². The predicted molar refractivity (Wildman–Crippen MR) is 239 cm³/mol. The number of aliphatic hydroxyl groups is 1. The summed E-state index contributed by atoms with van der Waals surface area (Å²) in [4.78, 5) is 24.3. The molecule has 2 saturated heterocycles. The van der Waals surface area contributed by atoms with Crippen LogP contribution in [-0.4, -0.2) is 127 Å². The van der Waals surface area contributed by atoms with Gasteiger partial charge in [-0.25, -0.2) is 14.2 Å². The summed E-state index contributed by atoms with van der Waals surface area (Å²) in [6.45, 7) is 18.8. The number of carbonyl (C=O) groups is 1. The van der Waals surface area contributed by atoms with Gasteiger partial charge in [0.1, 0.15) is 30.6 Å². The summed E-state index contributed by atoms with van der Waals surface area (Å²) in [6, 6.07) is 8.05. The third-order valence-electron chi connectivity index (χ3n) is 10.3. The molecule has 0 aliphatic carbocycles. The van der Waals surface area contributed by atoms with Gasteiger partial charge in [-0.15, -0.1) is 5.10 Å². The number of nitrogens with zero attached hydrogens (tertiary/aromatic N) is 9. The molecule has 5 heterocycles. The maximum absolute atomic E-state index is 15.0. The first-order chi connectivity index (χ1) is 30.1. The standard InChI is InChI=1S/C40H60Cl2N9O11PSi/c1-11-57-63(54,58-12-2)40(17-18-52,21-30-46-47-48-50(30)25-55-19-20-64(8,9)10)56-24-29-31-32(61-39(6,7)60-31)35(59-29)51-34-27(22-43-51)33(44-36(42)45-34)49(37(53)62-38(3,4)5)23-26-15-13-14-16-28(26)41/h13-16,22,29,31-32,35,52H,11-12,17-21,23-25H2,1-10H3/t29-,31-,32-,35-,40?/m1/s1. The van der Waals surface area contributed by atoms with Gasteiger partial charge in [0.25, 0.3) is 0 Å². The minimum absolute atomic E-state index is 0.0128. The molecule has 3 aromatic heterocycles. The highest BCUT2D eigenvalue weighted by Crippen LogP contribution is 2.63. The Morgan fingerprint density at radius 2 is 1.77 bits per heavy atom. The average Bonchev–Trinajstić information content (AvgIpc) is 3.97. The minimum atomic E-state index is -4.22. The number of amides is 1. The second-order valence-electron chi connectivity index (χ2n) is 18.1. The molecule has 0 saturated carbocycles. The van der Waals surface area contributed by atoms with E-state index >= 15 is 0 Å². The number of aromatic nitrogens is 8. The lowest BCUT2D eigenvalue weighted by atomic mass is 10.1. The topological polar surface area (TPSA) is 219 Å². The van der Waals surface area contributed by atoms with E-state index in [0.717, 1.165) is 6.04 Å². The third kappa shape index (κ3) is 11.7. The SMILES string of the molecule is CCOP(=O)(OCC)C(CCO)(Cc1nnnn1COCC[Si](C)(C)C)OC[C@H]1O[C@@H](n2ncc3c(N(Cc4ccccc4Cl)C(=O)OC(C)(C)C)nc(Cl)nc32)[C@@H]2OC(C)(C)O[C@@H]21. The van der Waals surface area contributed by atoms with Crippen molar-refractivity contribution in [3.05, 3.63) is 52.2 Å². The summed E-state index contributed by atoms with van der Waals surface area (Å²) < 4.78 is 67.8. The van der Waals surface area contributed by atoms with Gasteiger partial charge in [0.05, 0.1) is 44.4 Å². The van der Waals surface area contributed by atoms with Gasteiger partial charge in [0.15, 0.2) is 34.6 Å². The van der Waals surface area contributed by atoms with Gasteiger partial charge in [0.2, 0.25) is 5.28 Å². The zero-order chi connectivity index (χ0) is 46.7. The highest BCUT2D eigenvalue weighted by atomic mass is 35.5. The summed E-state index contributed by atoms with van der Waals surface area (Å²) in [5.74, 6) is -0.685. The fourth-order valence-corrected chi connectivity index (χ4v) is 10.7. The van der Waals surface area contributed by atoms with Gasteiger partial charge < -0.3 is 42.6 Å². The van der Waals surface area contributed by atoms with Gasteiger partial charge in [-0.3, -0.25) is 9.46 Å². The molecule has 20 nitrogen and oxygen atoms in total. The maximum atomic E-state index is 15.0. The van der Waals surface area contributed by atoms with Gasteiger partial charge in [-0.05, 0) is 88.2 Å². The normalized spacial score (nSPS) is 21.0. The molecule has 64 heavy (non-hydrogen) atoms. The Morgan fingerprint density at radius 3 is 2.42 bits per heavy atom. The fourth-order valence-electron chi connectivity index (χ4n) is 7.38. The van der Waals surface area contributed by atoms with Crippen molar-refractivity contribution in [2.45, 2.75) is 142 Å². The van der Waals surface area contributed by atoms with Crippen LogP contribution in [0.3, 0.4) is 0 Å². The number of halogens is 2. The Morgan fingerprint density at radius 1 is 1.06 bits per heavy atom. The molecular weight excluding hydrogens is 912 g/mol. The first-order valence-electron chi connectivity index (χ1n) is 21.2. The molecule has 1 aromatic carbocycles. The van der Waals surface area contributed by atoms with E-state index in [0.29, 0.717) is 22.6 Å². The molecule has 1 N–H and O–H groups in total. The van der Waals surface area contributed by atoms with E-state index in [1.807, 2.05) is 6.07 Å². The molecule has 24 heteroatoms. The van der Waals surface area contributed by atoms with Crippen molar-refractivity contribution in [3.8, 4) is 0 Å². The number of hydrogen-bond acceptors (Lipinski definition) is 17. The van der Waals surface area contributed by atoms with Crippen LogP contribution >= 0.6 is 30.8 Å². The van der Waals surface area contributed by atoms with Crippen LogP contribution in [0.1, 0.15) is 72.5 Å². The van der Waals surface area contributed by atoms with Crippen molar-refractivity contribution < 1.29 is 51.9 Å². The molecule has 4 aromatic rings. The molecule has 0 bridgehead atoms. The Hall–Kier alpha value is -3.18. The van der Waals surface area contributed by atoms with Crippen molar-refractivity contribution in [1.82, 2.24) is 40.0 Å². The number of anilines is 1. The summed E-state index contributed by atoms with van der Waals surface area (Å²) in [5, 5.41) is 26.3. The maximum Gasteiger partial charge on any atom is 0.416 e. The van der Waals surface area contributed by atoms with Gasteiger partial charge >= 0.3 is 13.7 Å². The van der Waals surface area contributed by atoms with Crippen molar-refractivity contribution >= 4 is 61.8 Å². The van der Waals surface area contributed by atoms with Gasteiger partial charge in [0, 0.05) is 32.7 Å². The molecule has 1 unspecified atom stereocenters. The van der Waals surface area contributed by atoms with E-state index in [1.165, 1.54) is 20.5 Å². The molecule has 2 fully saturated rings. The number of fused-ring (bicyclic) bond motifs is 2. The molecule has 6 rings (SSSR count). The van der Waals surface area contributed by atoms with Crippen molar-refractivity contribution in [3.63, 3.8) is 0 Å². The smallest absolute Gasteiger partial charge is 0.416 e. The summed E-state index contributed by atoms with van der Waals surface area (Å²) in [6.07, 6.45) is -3.00. The molecule has 354 valence electrons. The Bertz CT molecular complexity index is 2270. The Balaban J connectivity index is 1.35. The van der Waals surface area contributed by atoms with E-state index in [1.54, 1.807) is 66.7 Å². The second-order valence-corrected chi connectivity index (χ2v) is 26.8. The number of rotatable bonds is 21. The van der Waals surface area contributed by atoms with E-state index in [4.69, 9.17) is 60.7 Å². The van der Waals surface area contributed by atoms with E-state index in [-0.39, 0.29) is 68.5 Å². The van der Waals surface area contributed by atoms with Crippen LogP contribution in [0, 0.1) is 0 Å². The number of hydrogen-bond donors (Lipinski definition) is 1. The van der Waals surface area contributed by atoms with Crippen LogP contribution in [0.2, 0.25) is 36.0 Å². The zero-order valence-electron chi connectivity index (χ0n) is 38.0. The molecule has 5 atom stereocenters. The number of benzene rings is 1. The Labute approximate surface area is 384 Å². The first-order valence-corrected chi connectivity index (χ1v) is 27.2. The van der Waals surface area contributed by atoms with Crippen molar-refractivity contribution in [1.29, 1.82) is 0 Å². The van der Waals surface area contributed by atoms with E-state index in [2.05, 4.69) is 50.2 Å². The lowest BCUT2D eigenvalue weighted by Crippen LogP contribution is -2.43. The minimum Gasteiger partial charge on any atom is -0.443 e. The van der Waals surface area contributed by atoms with Crippen LogP contribution in [0.5, 0.6) is 0 Å². The fraction of sp³-hybridized carbons (Fsp3) is 0.675. The predicted octanol–water partition coefficient (Wildman–Crippen LogP) is 7.40. The molecule has 0 spiro atoms. The molecule has 1 amide bonds. The monoisotopic (exact) mass is 971 g/mol. The molecule has 2 aliphatic rings. The summed E-state index contributed by atoms with van der Waals surface area (Å²) in [5.41, 5.74) is -0.00492. The first kappa shape index (κ1) is 50.2. The van der Waals surface area contributed by atoms with Gasteiger partial charge in [-0.2, -0.15) is 15.1 Å². The quantitative estimate of drug-likeness (QED) is 0.0372. The zero-order valence-corrected chi connectivity index (χ0v) is 41.4. The number of aliphatic hydroxyl groups excluding tert-OH is 1. The molecule has 0 radical (unpaired) electrons. The number of tetrazole rings is 1. The van der Waals surface area contributed by atoms with Gasteiger partial charge in [-0.1, -0.05) is 49.4 Å². The van der Waals surface area contributed by atoms with Crippen LogP contribution in [0.15, 0.2) is 30.5 Å². The highest BCUT2D eigenvalue weighted by Gasteiger charge is 2.59. The van der Waals surface area contributed by atoms with Crippen LogP contribution < -0.4 is 4.90 Å². The summed E-state index contributed by atoms with van der Waals surface area (Å²) in [7, 11) is -5.60. The highest BCUT2D eigenvalue weighted by molar-refractivity contribution is 7.55. The lowest BCUT2D eigenvalue weighted by molar-refractivity contribution is -0.206. The largest absolute Gasteiger partial charge is 0.443 e. The molecule has 2 aliphatic heterocycles. The number of carbonyl (C=O) groups excluding carboxylic acids is 1. The van der Waals surface area contributed by atoms with Crippen molar-refractivity contribution in [2.24, 2.45) is 0 Å². The van der Waals surface area contributed by atoms with E-state index < -0.39 is 69.6 Å².